The Morgan fingerprint density at radius 2 is 2.19 bits per heavy atom. The quantitative estimate of drug-likeness (QED) is 0.733. The molecule has 0 aliphatic heterocycles. The van der Waals surface area contributed by atoms with E-state index in [0.29, 0.717) is 11.4 Å². The zero-order chi connectivity index (χ0) is 11.4. The van der Waals surface area contributed by atoms with Crippen LogP contribution in [0.3, 0.4) is 0 Å². The number of pyridine rings is 2. The van der Waals surface area contributed by atoms with Gasteiger partial charge in [0.05, 0.1) is 12.7 Å². The van der Waals surface area contributed by atoms with Crippen LogP contribution in [0.4, 0.5) is 0 Å². The van der Waals surface area contributed by atoms with Crippen LogP contribution in [0.5, 0.6) is 5.88 Å². The Labute approximate surface area is 92.9 Å². The van der Waals surface area contributed by atoms with Gasteiger partial charge in [0, 0.05) is 29.7 Å². The molecule has 0 amide bonds. The van der Waals surface area contributed by atoms with Crippen LogP contribution >= 0.6 is 0 Å². The second-order valence-electron chi connectivity index (χ2n) is 3.14. The summed E-state index contributed by atoms with van der Waals surface area (Å²) in [6.07, 6.45) is 5.73. The Kier molecular flexibility index (Phi) is 2.91. The third kappa shape index (κ3) is 1.77. The van der Waals surface area contributed by atoms with Crippen LogP contribution < -0.4 is 4.74 Å². The number of carbonyl (C=O) groups excluding carboxylic acids is 1. The van der Waals surface area contributed by atoms with E-state index < -0.39 is 0 Å². The Balaban J connectivity index is 2.61. The first-order chi connectivity index (χ1) is 7.86. The van der Waals surface area contributed by atoms with Gasteiger partial charge in [-0.15, -0.1) is 0 Å². The molecule has 0 aromatic carbocycles. The lowest BCUT2D eigenvalue weighted by atomic mass is 10.0. The molecule has 0 N–H and O–H groups in total. The largest absolute Gasteiger partial charge is 0.480 e. The van der Waals surface area contributed by atoms with Gasteiger partial charge < -0.3 is 4.74 Å². The molecule has 4 heteroatoms. The maximum absolute atomic E-state index is 11.0. The van der Waals surface area contributed by atoms with E-state index in [1.54, 1.807) is 24.7 Å². The molecule has 0 atom stereocenters. The van der Waals surface area contributed by atoms with Gasteiger partial charge in [-0.05, 0) is 12.1 Å². The summed E-state index contributed by atoms with van der Waals surface area (Å²) in [6.45, 7) is 0. The Bertz CT molecular complexity index is 498. The van der Waals surface area contributed by atoms with Crippen molar-refractivity contribution in [3.05, 3.63) is 42.4 Å². The Hall–Kier alpha value is -2.23. The molecule has 4 nitrogen and oxygen atoms in total. The Morgan fingerprint density at radius 1 is 1.31 bits per heavy atom. The van der Waals surface area contributed by atoms with E-state index in [1.807, 2.05) is 12.1 Å². The second kappa shape index (κ2) is 4.53. The van der Waals surface area contributed by atoms with Crippen LogP contribution in [0.2, 0.25) is 0 Å². The second-order valence-corrected chi connectivity index (χ2v) is 3.14. The first kappa shape index (κ1) is 10.3. The minimum Gasteiger partial charge on any atom is -0.480 e. The highest BCUT2D eigenvalue weighted by Gasteiger charge is 2.10. The molecule has 2 aromatic rings. The predicted octanol–water partition coefficient (Wildman–Crippen LogP) is 1.96. The van der Waals surface area contributed by atoms with Crippen molar-refractivity contribution in [2.75, 3.05) is 7.11 Å². The van der Waals surface area contributed by atoms with Crippen LogP contribution in [-0.2, 0) is 0 Å². The molecular weight excluding hydrogens is 204 g/mol. The van der Waals surface area contributed by atoms with E-state index >= 15 is 0 Å². The van der Waals surface area contributed by atoms with Gasteiger partial charge in [-0.1, -0.05) is 6.07 Å². The molecule has 16 heavy (non-hydrogen) atoms. The van der Waals surface area contributed by atoms with Gasteiger partial charge in [0.25, 0.3) is 0 Å². The van der Waals surface area contributed by atoms with E-state index in [0.717, 1.165) is 17.4 Å². The van der Waals surface area contributed by atoms with Gasteiger partial charge in [0.15, 0.2) is 6.29 Å². The summed E-state index contributed by atoms with van der Waals surface area (Å²) in [5.41, 5.74) is 2.08. The van der Waals surface area contributed by atoms with Crippen LogP contribution in [0, 0.1) is 0 Å². The van der Waals surface area contributed by atoms with Crippen molar-refractivity contribution in [2.45, 2.75) is 0 Å². The minimum atomic E-state index is 0.330. The van der Waals surface area contributed by atoms with E-state index in [-0.39, 0.29) is 0 Å². The molecule has 0 aliphatic rings. The lowest BCUT2D eigenvalue weighted by Crippen LogP contribution is -1.96. The Morgan fingerprint density at radius 3 is 2.81 bits per heavy atom. The number of hydrogen-bond donors (Lipinski definition) is 0. The van der Waals surface area contributed by atoms with Crippen molar-refractivity contribution in [3.63, 3.8) is 0 Å². The third-order valence-corrected chi connectivity index (χ3v) is 2.24. The van der Waals surface area contributed by atoms with Crippen molar-refractivity contribution in [1.29, 1.82) is 0 Å². The molecule has 0 radical (unpaired) electrons. The number of carbonyl (C=O) groups is 1. The summed E-state index contributed by atoms with van der Waals surface area (Å²) in [4.78, 5) is 19.0. The number of ether oxygens (including phenoxy) is 1. The predicted molar refractivity (Wildman–Crippen MR) is 59.4 cm³/mol. The summed E-state index contributed by atoms with van der Waals surface area (Å²) < 4.78 is 5.04. The summed E-state index contributed by atoms with van der Waals surface area (Å²) >= 11 is 0. The highest BCUT2D eigenvalue weighted by atomic mass is 16.5. The average Bonchev–Trinajstić information content (AvgIpc) is 2.38. The van der Waals surface area contributed by atoms with Gasteiger partial charge >= 0.3 is 0 Å². The highest BCUT2D eigenvalue weighted by molar-refractivity contribution is 5.89. The monoisotopic (exact) mass is 214 g/mol. The lowest BCUT2D eigenvalue weighted by molar-refractivity contribution is 0.112. The normalized spacial score (nSPS) is 9.81. The van der Waals surface area contributed by atoms with Crippen molar-refractivity contribution in [3.8, 4) is 17.0 Å². The SMILES string of the molecule is COc1nccc(-c2cccnc2)c1C=O. The first-order valence-corrected chi connectivity index (χ1v) is 4.75. The summed E-state index contributed by atoms with van der Waals surface area (Å²) in [5, 5.41) is 0. The third-order valence-electron chi connectivity index (χ3n) is 2.24. The molecule has 0 saturated heterocycles. The minimum absolute atomic E-state index is 0.330. The van der Waals surface area contributed by atoms with Gasteiger partial charge in [-0.3, -0.25) is 9.78 Å². The van der Waals surface area contributed by atoms with Gasteiger partial charge in [-0.25, -0.2) is 4.98 Å². The van der Waals surface area contributed by atoms with Crippen LogP contribution in [-0.4, -0.2) is 23.4 Å². The van der Waals surface area contributed by atoms with Crippen molar-refractivity contribution in [2.24, 2.45) is 0 Å². The van der Waals surface area contributed by atoms with Crippen molar-refractivity contribution >= 4 is 6.29 Å². The summed E-state index contributed by atoms with van der Waals surface area (Å²) in [5.74, 6) is 0.330. The van der Waals surface area contributed by atoms with Crippen LogP contribution in [0.15, 0.2) is 36.8 Å². The summed E-state index contributed by atoms with van der Waals surface area (Å²) in [7, 11) is 1.49. The molecule has 80 valence electrons. The van der Waals surface area contributed by atoms with Gasteiger partial charge in [0.2, 0.25) is 5.88 Å². The molecule has 0 bridgehead atoms. The molecule has 2 aromatic heterocycles. The fraction of sp³-hybridized carbons (Fsp3) is 0.0833. The van der Waals surface area contributed by atoms with Crippen LogP contribution in [0.25, 0.3) is 11.1 Å². The standard InChI is InChI=1S/C12H10N2O2/c1-16-12-11(8-15)10(4-6-14-12)9-3-2-5-13-7-9/h2-8H,1H3. The van der Waals surface area contributed by atoms with Crippen LogP contribution in [0.1, 0.15) is 10.4 Å². The highest BCUT2D eigenvalue weighted by Crippen LogP contribution is 2.26. The average molecular weight is 214 g/mol. The lowest BCUT2D eigenvalue weighted by Gasteiger charge is -2.07. The molecule has 2 rings (SSSR count). The topological polar surface area (TPSA) is 52.1 Å². The van der Waals surface area contributed by atoms with Crippen molar-refractivity contribution in [1.82, 2.24) is 9.97 Å². The van der Waals surface area contributed by atoms with Crippen molar-refractivity contribution < 1.29 is 9.53 Å². The number of hydrogen-bond acceptors (Lipinski definition) is 4. The number of rotatable bonds is 3. The smallest absolute Gasteiger partial charge is 0.224 e. The van der Waals surface area contributed by atoms with E-state index in [9.17, 15) is 4.79 Å². The summed E-state index contributed by atoms with van der Waals surface area (Å²) in [6, 6.07) is 5.47. The van der Waals surface area contributed by atoms with E-state index in [4.69, 9.17) is 4.74 Å². The number of methoxy groups -OCH3 is 1. The molecule has 0 unspecified atom stereocenters. The zero-order valence-corrected chi connectivity index (χ0v) is 8.75. The van der Waals surface area contributed by atoms with E-state index in [1.165, 1.54) is 7.11 Å². The maximum Gasteiger partial charge on any atom is 0.224 e. The molecule has 0 spiro atoms. The molecule has 0 aliphatic carbocycles. The fourth-order valence-corrected chi connectivity index (χ4v) is 1.50. The number of aromatic nitrogens is 2. The maximum atomic E-state index is 11.0. The van der Waals surface area contributed by atoms with Gasteiger partial charge in [0.1, 0.15) is 0 Å². The van der Waals surface area contributed by atoms with Gasteiger partial charge in [-0.2, -0.15) is 0 Å². The number of aldehydes is 1. The molecular formula is C12H10N2O2. The van der Waals surface area contributed by atoms with E-state index in [2.05, 4.69) is 9.97 Å². The number of nitrogens with zero attached hydrogens (tertiary/aromatic N) is 2. The fourth-order valence-electron chi connectivity index (χ4n) is 1.50. The molecule has 2 heterocycles. The molecule has 0 saturated carbocycles. The zero-order valence-electron chi connectivity index (χ0n) is 8.75. The first-order valence-electron chi connectivity index (χ1n) is 4.75. The molecule has 0 fully saturated rings.